The van der Waals surface area contributed by atoms with Crippen molar-refractivity contribution < 1.29 is 5.11 Å². The number of hydrogen-bond acceptors (Lipinski definition) is 2. The first-order valence-electron chi connectivity index (χ1n) is 3.29. The number of rotatable bonds is 0. The predicted octanol–water partition coefficient (Wildman–Crippen LogP) is -0.271. The van der Waals surface area contributed by atoms with E-state index in [1.165, 1.54) is 12.8 Å². The Morgan fingerprint density at radius 2 is 2.25 bits per heavy atom. The fraction of sp³-hybridized carbons (Fsp3) is 1.00. The molecule has 8 heavy (non-hydrogen) atoms. The lowest BCUT2D eigenvalue weighted by atomic mass is 10.1. The Hall–Kier alpha value is -0.0800. The zero-order chi connectivity index (χ0) is 5.56. The van der Waals surface area contributed by atoms with Crippen molar-refractivity contribution in [1.82, 2.24) is 5.32 Å². The van der Waals surface area contributed by atoms with Gasteiger partial charge in [0.1, 0.15) is 0 Å². The standard InChI is InChI=1S/C6H11NO/c8-6-4-1-2-5(6)7-3-4/h4-8H,1-3H2/t4?,5?,6-/m0/s1. The summed E-state index contributed by atoms with van der Waals surface area (Å²) in [4.78, 5) is 0. The van der Waals surface area contributed by atoms with E-state index in [0.29, 0.717) is 12.0 Å². The van der Waals surface area contributed by atoms with Crippen LogP contribution in [0.1, 0.15) is 12.8 Å². The lowest BCUT2D eigenvalue weighted by Gasteiger charge is -2.07. The Bertz CT molecular complexity index is 84.7. The summed E-state index contributed by atoms with van der Waals surface area (Å²) in [5, 5.41) is 12.5. The van der Waals surface area contributed by atoms with E-state index < -0.39 is 0 Å². The van der Waals surface area contributed by atoms with Crippen LogP contribution in [0, 0.1) is 5.92 Å². The number of aliphatic hydroxyl groups is 1. The third-order valence-corrected chi connectivity index (χ3v) is 2.39. The van der Waals surface area contributed by atoms with E-state index >= 15 is 0 Å². The molecule has 2 heteroatoms. The zero-order valence-electron chi connectivity index (χ0n) is 4.80. The molecule has 1 saturated carbocycles. The second kappa shape index (κ2) is 1.45. The van der Waals surface area contributed by atoms with E-state index in [9.17, 15) is 5.11 Å². The van der Waals surface area contributed by atoms with Crippen molar-refractivity contribution in [2.24, 2.45) is 5.92 Å². The lowest BCUT2D eigenvalue weighted by Crippen LogP contribution is -2.27. The summed E-state index contributed by atoms with van der Waals surface area (Å²) >= 11 is 0. The molecule has 3 atom stereocenters. The number of aliphatic hydroxyl groups excluding tert-OH is 1. The summed E-state index contributed by atoms with van der Waals surface area (Å²) in [7, 11) is 0. The maximum absolute atomic E-state index is 9.27. The van der Waals surface area contributed by atoms with Gasteiger partial charge in [-0.3, -0.25) is 0 Å². The first-order chi connectivity index (χ1) is 3.88. The molecule has 0 aromatic carbocycles. The van der Waals surface area contributed by atoms with E-state index in [1.807, 2.05) is 0 Å². The van der Waals surface area contributed by atoms with Crippen LogP contribution in [-0.2, 0) is 0 Å². The first kappa shape index (κ1) is 4.77. The van der Waals surface area contributed by atoms with Gasteiger partial charge in [0.05, 0.1) is 6.10 Å². The van der Waals surface area contributed by atoms with Gasteiger partial charge in [-0.25, -0.2) is 0 Å². The molecule has 1 aliphatic carbocycles. The Labute approximate surface area is 48.9 Å². The minimum atomic E-state index is -0.0185. The van der Waals surface area contributed by atoms with Gasteiger partial charge in [0.15, 0.2) is 0 Å². The van der Waals surface area contributed by atoms with Crippen LogP contribution in [0.2, 0.25) is 0 Å². The summed E-state index contributed by atoms with van der Waals surface area (Å²) in [6.45, 7) is 1.05. The average Bonchev–Trinajstić information content (AvgIpc) is 2.29. The molecule has 1 aliphatic heterocycles. The molecular formula is C6H11NO. The van der Waals surface area contributed by atoms with Crippen LogP contribution in [0.25, 0.3) is 0 Å². The monoisotopic (exact) mass is 113 g/mol. The third kappa shape index (κ3) is 0.446. The molecule has 2 bridgehead atoms. The highest BCUT2D eigenvalue weighted by molar-refractivity contribution is 4.96. The van der Waals surface area contributed by atoms with Crippen LogP contribution in [0.5, 0.6) is 0 Å². The van der Waals surface area contributed by atoms with Crippen molar-refractivity contribution in [3.63, 3.8) is 0 Å². The molecule has 1 heterocycles. The topological polar surface area (TPSA) is 32.3 Å². The van der Waals surface area contributed by atoms with Gasteiger partial charge >= 0.3 is 0 Å². The van der Waals surface area contributed by atoms with Crippen molar-refractivity contribution in [2.45, 2.75) is 25.0 Å². The van der Waals surface area contributed by atoms with Crippen LogP contribution in [-0.4, -0.2) is 23.8 Å². The van der Waals surface area contributed by atoms with Crippen LogP contribution in [0.4, 0.5) is 0 Å². The number of fused-ring (bicyclic) bond motifs is 2. The number of piperidine rings is 1. The summed E-state index contributed by atoms with van der Waals surface area (Å²) in [5.74, 6) is 0.583. The molecule has 0 aromatic rings. The van der Waals surface area contributed by atoms with Crippen LogP contribution < -0.4 is 5.32 Å². The highest BCUT2D eigenvalue weighted by Gasteiger charge is 2.39. The highest BCUT2D eigenvalue weighted by Crippen LogP contribution is 2.30. The summed E-state index contributed by atoms with van der Waals surface area (Å²) in [5.41, 5.74) is 0. The van der Waals surface area contributed by atoms with Gasteiger partial charge in [0.2, 0.25) is 0 Å². The van der Waals surface area contributed by atoms with Crippen LogP contribution in [0.15, 0.2) is 0 Å². The Kier molecular flexibility index (Phi) is 0.866. The minimum absolute atomic E-state index is 0.0185. The quantitative estimate of drug-likeness (QED) is 0.453. The van der Waals surface area contributed by atoms with E-state index in [2.05, 4.69) is 5.32 Å². The van der Waals surface area contributed by atoms with Crippen molar-refractivity contribution in [3.05, 3.63) is 0 Å². The van der Waals surface area contributed by atoms with Crippen molar-refractivity contribution in [1.29, 1.82) is 0 Å². The summed E-state index contributed by atoms with van der Waals surface area (Å²) < 4.78 is 0. The maximum Gasteiger partial charge on any atom is 0.0733 e. The average molecular weight is 113 g/mol. The Morgan fingerprint density at radius 1 is 1.38 bits per heavy atom. The fourth-order valence-electron chi connectivity index (χ4n) is 1.81. The molecule has 0 spiro atoms. The number of nitrogens with one attached hydrogen (secondary N) is 1. The van der Waals surface area contributed by atoms with Crippen LogP contribution in [0.3, 0.4) is 0 Å². The lowest BCUT2D eigenvalue weighted by molar-refractivity contribution is 0.150. The first-order valence-corrected chi connectivity index (χ1v) is 3.29. The van der Waals surface area contributed by atoms with E-state index in [0.717, 1.165) is 6.54 Å². The molecule has 2 rings (SSSR count). The van der Waals surface area contributed by atoms with Gasteiger partial charge in [0, 0.05) is 12.6 Å². The fourth-order valence-corrected chi connectivity index (χ4v) is 1.81. The maximum atomic E-state index is 9.27. The molecule has 2 nitrogen and oxygen atoms in total. The molecule has 2 unspecified atom stereocenters. The molecule has 0 amide bonds. The molecule has 2 fully saturated rings. The Balaban J connectivity index is 2.16. The van der Waals surface area contributed by atoms with E-state index in [4.69, 9.17) is 0 Å². The van der Waals surface area contributed by atoms with Gasteiger partial charge < -0.3 is 10.4 Å². The second-order valence-electron chi connectivity index (χ2n) is 2.84. The predicted molar refractivity (Wildman–Crippen MR) is 30.5 cm³/mol. The smallest absolute Gasteiger partial charge is 0.0733 e. The van der Waals surface area contributed by atoms with Gasteiger partial charge in [-0.2, -0.15) is 0 Å². The van der Waals surface area contributed by atoms with Gasteiger partial charge in [-0.1, -0.05) is 0 Å². The number of hydrogen-bond donors (Lipinski definition) is 2. The highest BCUT2D eigenvalue weighted by atomic mass is 16.3. The van der Waals surface area contributed by atoms with Crippen molar-refractivity contribution >= 4 is 0 Å². The normalized spacial score (nSPS) is 52.9. The van der Waals surface area contributed by atoms with Gasteiger partial charge in [-0.05, 0) is 18.8 Å². The summed E-state index contributed by atoms with van der Waals surface area (Å²) in [6, 6.07) is 0.444. The second-order valence-corrected chi connectivity index (χ2v) is 2.84. The third-order valence-electron chi connectivity index (χ3n) is 2.39. The largest absolute Gasteiger partial charge is 0.391 e. The molecule has 0 aromatic heterocycles. The van der Waals surface area contributed by atoms with Gasteiger partial charge in [-0.15, -0.1) is 0 Å². The molecule has 0 radical (unpaired) electrons. The zero-order valence-corrected chi connectivity index (χ0v) is 4.80. The van der Waals surface area contributed by atoms with Crippen molar-refractivity contribution in [2.75, 3.05) is 6.54 Å². The SMILES string of the molecule is O[C@H]1C2CCC1NC2. The summed E-state index contributed by atoms with van der Waals surface area (Å²) in [6.07, 6.45) is 2.40. The van der Waals surface area contributed by atoms with E-state index in [1.54, 1.807) is 0 Å². The van der Waals surface area contributed by atoms with E-state index in [-0.39, 0.29) is 6.10 Å². The van der Waals surface area contributed by atoms with Crippen molar-refractivity contribution in [3.8, 4) is 0 Å². The molecular weight excluding hydrogens is 102 g/mol. The van der Waals surface area contributed by atoms with Crippen LogP contribution >= 0.6 is 0 Å². The Morgan fingerprint density at radius 3 is 2.38 bits per heavy atom. The van der Waals surface area contributed by atoms with Gasteiger partial charge in [0.25, 0.3) is 0 Å². The molecule has 46 valence electrons. The molecule has 1 saturated heterocycles. The molecule has 2 aliphatic rings. The minimum Gasteiger partial charge on any atom is -0.391 e. The molecule has 2 N–H and O–H groups in total.